The number of likely N-dealkylation sites (tertiary alicyclic amines) is 2. The maximum atomic E-state index is 12.7. The second-order valence-corrected chi connectivity index (χ2v) is 8.07. The first kappa shape index (κ1) is 20.6. The van der Waals surface area contributed by atoms with Crippen LogP contribution in [0.3, 0.4) is 0 Å². The van der Waals surface area contributed by atoms with Crippen molar-refractivity contribution in [2.45, 2.75) is 38.5 Å². The highest BCUT2D eigenvalue weighted by Gasteiger charge is 2.41. The lowest BCUT2D eigenvalue weighted by molar-refractivity contribution is -0.142. The Kier molecular flexibility index (Phi) is 6.94. The molecule has 154 valence electrons. The lowest BCUT2D eigenvalue weighted by Crippen LogP contribution is -2.52. The van der Waals surface area contributed by atoms with Crippen LogP contribution < -0.4 is 4.74 Å². The van der Waals surface area contributed by atoms with Gasteiger partial charge in [0, 0.05) is 46.3 Å². The number of rotatable bonds is 7. The molecule has 2 amide bonds. The lowest BCUT2D eigenvalue weighted by atomic mass is 9.72. The van der Waals surface area contributed by atoms with Gasteiger partial charge in [0.15, 0.2) is 0 Å². The van der Waals surface area contributed by atoms with Crippen LogP contribution in [0.1, 0.15) is 37.7 Å². The Hall–Kier alpha value is -2.08. The fourth-order valence-electron chi connectivity index (χ4n) is 4.41. The molecular weight excluding hydrogens is 356 g/mol. The molecule has 0 aromatic heterocycles. The van der Waals surface area contributed by atoms with E-state index in [0.717, 1.165) is 63.2 Å². The van der Waals surface area contributed by atoms with Crippen molar-refractivity contribution in [2.24, 2.45) is 5.41 Å². The highest BCUT2D eigenvalue weighted by molar-refractivity contribution is 5.79. The molecule has 0 radical (unpaired) electrons. The number of hydrogen-bond acceptors (Lipinski definition) is 4. The van der Waals surface area contributed by atoms with Crippen molar-refractivity contribution >= 4 is 11.8 Å². The van der Waals surface area contributed by atoms with Crippen LogP contribution in [0.15, 0.2) is 24.3 Å². The molecular formula is C22H32N2O4. The van der Waals surface area contributed by atoms with Crippen LogP contribution in [-0.2, 0) is 20.7 Å². The molecule has 0 atom stereocenters. The minimum atomic E-state index is 0.173. The van der Waals surface area contributed by atoms with Crippen LogP contribution in [-0.4, -0.2) is 68.6 Å². The standard InChI is InChI=1S/C22H32N2O4/c1-27-14-4-11-24-17-22(8-7-20(24)25)9-12-23(13-10-22)21(26)16-18-5-3-6-19(15-18)28-2/h3,5-6,15H,4,7-14,16-17H2,1-2H3. The van der Waals surface area contributed by atoms with Gasteiger partial charge in [-0.25, -0.2) is 0 Å². The zero-order valence-electron chi connectivity index (χ0n) is 17.1. The van der Waals surface area contributed by atoms with E-state index in [0.29, 0.717) is 19.4 Å². The van der Waals surface area contributed by atoms with Crippen molar-refractivity contribution in [1.82, 2.24) is 9.80 Å². The number of methoxy groups -OCH3 is 2. The molecule has 2 fully saturated rings. The predicted molar refractivity (Wildman–Crippen MR) is 107 cm³/mol. The Bertz CT molecular complexity index is 683. The smallest absolute Gasteiger partial charge is 0.226 e. The van der Waals surface area contributed by atoms with Gasteiger partial charge in [0.2, 0.25) is 11.8 Å². The molecule has 3 rings (SSSR count). The van der Waals surface area contributed by atoms with Gasteiger partial charge >= 0.3 is 0 Å². The first-order valence-electron chi connectivity index (χ1n) is 10.2. The summed E-state index contributed by atoms with van der Waals surface area (Å²) in [6, 6.07) is 7.70. The van der Waals surface area contributed by atoms with Gasteiger partial charge in [-0.3, -0.25) is 9.59 Å². The normalized spacial score (nSPS) is 19.1. The number of ether oxygens (including phenoxy) is 2. The topological polar surface area (TPSA) is 59.1 Å². The Balaban J connectivity index is 1.52. The lowest BCUT2D eigenvalue weighted by Gasteiger charge is -2.47. The molecule has 2 aliphatic rings. The SMILES string of the molecule is COCCCN1CC2(CCC1=O)CCN(C(=O)Cc1cccc(OC)c1)CC2. The van der Waals surface area contributed by atoms with Gasteiger partial charge in [0.05, 0.1) is 13.5 Å². The van der Waals surface area contributed by atoms with E-state index in [1.165, 1.54) is 0 Å². The van der Waals surface area contributed by atoms with E-state index in [1.807, 2.05) is 34.1 Å². The quantitative estimate of drug-likeness (QED) is 0.674. The molecule has 2 heterocycles. The molecule has 0 bridgehead atoms. The van der Waals surface area contributed by atoms with Crippen LogP contribution in [0.4, 0.5) is 0 Å². The van der Waals surface area contributed by atoms with Crippen LogP contribution in [0.5, 0.6) is 5.75 Å². The fourth-order valence-corrected chi connectivity index (χ4v) is 4.41. The number of carbonyl (C=O) groups excluding carboxylic acids is 2. The molecule has 6 heteroatoms. The summed E-state index contributed by atoms with van der Waals surface area (Å²) >= 11 is 0. The Morgan fingerprint density at radius 3 is 2.68 bits per heavy atom. The molecule has 2 aliphatic heterocycles. The van der Waals surface area contributed by atoms with Crippen molar-refractivity contribution < 1.29 is 19.1 Å². The Morgan fingerprint density at radius 2 is 1.96 bits per heavy atom. The molecule has 0 aliphatic carbocycles. The van der Waals surface area contributed by atoms with Crippen LogP contribution in [0.2, 0.25) is 0 Å². The third-order valence-corrected chi connectivity index (χ3v) is 6.19. The zero-order chi connectivity index (χ0) is 20.0. The summed E-state index contributed by atoms with van der Waals surface area (Å²) in [5, 5.41) is 0. The number of nitrogens with zero attached hydrogens (tertiary/aromatic N) is 2. The maximum absolute atomic E-state index is 12.7. The van der Waals surface area contributed by atoms with Crippen molar-refractivity contribution in [3.8, 4) is 5.75 Å². The second-order valence-electron chi connectivity index (χ2n) is 8.07. The molecule has 0 N–H and O–H groups in total. The fraction of sp³-hybridized carbons (Fsp3) is 0.636. The maximum Gasteiger partial charge on any atom is 0.226 e. The molecule has 1 spiro atoms. The third kappa shape index (κ3) is 5.04. The average Bonchev–Trinajstić information content (AvgIpc) is 2.71. The van der Waals surface area contributed by atoms with Gasteiger partial charge in [-0.15, -0.1) is 0 Å². The number of carbonyl (C=O) groups is 2. The van der Waals surface area contributed by atoms with E-state index in [2.05, 4.69) is 0 Å². The molecule has 0 saturated carbocycles. The third-order valence-electron chi connectivity index (χ3n) is 6.19. The summed E-state index contributed by atoms with van der Waals surface area (Å²) in [6.45, 7) is 3.84. The van der Waals surface area contributed by atoms with Crippen LogP contribution in [0, 0.1) is 5.41 Å². The van der Waals surface area contributed by atoms with Crippen molar-refractivity contribution in [3.05, 3.63) is 29.8 Å². The van der Waals surface area contributed by atoms with Gasteiger partial charge in [0.1, 0.15) is 5.75 Å². The summed E-state index contributed by atoms with van der Waals surface area (Å²) in [4.78, 5) is 29.0. The predicted octanol–water partition coefficient (Wildman–Crippen LogP) is 2.51. The molecule has 1 aromatic rings. The highest BCUT2D eigenvalue weighted by Crippen LogP contribution is 2.40. The zero-order valence-corrected chi connectivity index (χ0v) is 17.1. The van der Waals surface area contributed by atoms with Crippen LogP contribution in [0.25, 0.3) is 0 Å². The molecule has 0 unspecified atom stereocenters. The van der Waals surface area contributed by atoms with Crippen molar-refractivity contribution in [3.63, 3.8) is 0 Å². The summed E-state index contributed by atoms with van der Waals surface area (Å²) in [5.74, 6) is 1.22. The number of piperidine rings is 2. The van der Waals surface area contributed by atoms with E-state index in [4.69, 9.17) is 9.47 Å². The minimum absolute atomic E-state index is 0.173. The second kappa shape index (κ2) is 9.41. The Morgan fingerprint density at radius 1 is 1.18 bits per heavy atom. The van der Waals surface area contributed by atoms with E-state index in [9.17, 15) is 9.59 Å². The van der Waals surface area contributed by atoms with Crippen molar-refractivity contribution in [1.29, 1.82) is 0 Å². The van der Waals surface area contributed by atoms with E-state index < -0.39 is 0 Å². The molecule has 2 saturated heterocycles. The largest absolute Gasteiger partial charge is 0.497 e. The minimum Gasteiger partial charge on any atom is -0.497 e. The van der Waals surface area contributed by atoms with E-state index in [-0.39, 0.29) is 17.2 Å². The number of amides is 2. The van der Waals surface area contributed by atoms with Gasteiger partial charge in [-0.2, -0.15) is 0 Å². The first-order chi connectivity index (χ1) is 13.5. The highest BCUT2D eigenvalue weighted by atomic mass is 16.5. The summed E-state index contributed by atoms with van der Waals surface area (Å²) in [6.07, 6.45) is 4.82. The van der Waals surface area contributed by atoms with Gasteiger partial charge in [0.25, 0.3) is 0 Å². The van der Waals surface area contributed by atoms with Gasteiger partial charge in [-0.05, 0) is 48.8 Å². The van der Waals surface area contributed by atoms with Gasteiger partial charge in [-0.1, -0.05) is 12.1 Å². The van der Waals surface area contributed by atoms with Crippen molar-refractivity contribution in [2.75, 3.05) is 47.0 Å². The molecule has 28 heavy (non-hydrogen) atoms. The number of hydrogen-bond donors (Lipinski definition) is 0. The summed E-state index contributed by atoms with van der Waals surface area (Å²) in [5.41, 5.74) is 1.16. The average molecular weight is 389 g/mol. The Labute approximate surface area is 167 Å². The summed E-state index contributed by atoms with van der Waals surface area (Å²) < 4.78 is 10.4. The molecule has 1 aromatic carbocycles. The van der Waals surface area contributed by atoms with E-state index in [1.54, 1.807) is 14.2 Å². The van der Waals surface area contributed by atoms with Gasteiger partial charge < -0.3 is 19.3 Å². The van der Waals surface area contributed by atoms with E-state index >= 15 is 0 Å². The first-order valence-corrected chi connectivity index (χ1v) is 10.2. The number of benzene rings is 1. The van der Waals surface area contributed by atoms with Crippen LogP contribution >= 0.6 is 0 Å². The molecule has 6 nitrogen and oxygen atoms in total. The summed E-state index contributed by atoms with van der Waals surface area (Å²) in [7, 11) is 3.33. The monoisotopic (exact) mass is 388 g/mol.